The molecule has 262 valence electrons. The van der Waals surface area contributed by atoms with Gasteiger partial charge in [0.15, 0.2) is 16.6 Å². The minimum Gasteiger partial charge on any atom is -0.469 e. The van der Waals surface area contributed by atoms with Gasteiger partial charge in [0.2, 0.25) is 0 Å². The number of esters is 1. The van der Waals surface area contributed by atoms with Gasteiger partial charge in [0.25, 0.3) is 0 Å². The Morgan fingerprint density at radius 2 is 1.67 bits per heavy atom. The third-order valence-corrected chi connectivity index (χ3v) is 20.2. The van der Waals surface area contributed by atoms with Crippen molar-refractivity contribution < 1.29 is 33.0 Å². The van der Waals surface area contributed by atoms with Gasteiger partial charge in [0, 0.05) is 38.0 Å². The highest BCUT2D eigenvalue weighted by atomic mass is 32.2. The first-order valence-electron chi connectivity index (χ1n) is 16.7. The molecule has 7 nitrogen and oxygen atoms in total. The number of thioether (sulfide) groups is 1. The van der Waals surface area contributed by atoms with Crippen molar-refractivity contribution >= 4 is 40.1 Å². The summed E-state index contributed by atoms with van der Waals surface area (Å²) in [5, 5.41) is 11.5. The minimum atomic E-state index is -2.20. The van der Waals surface area contributed by atoms with Crippen LogP contribution in [0.15, 0.2) is 36.4 Å². The van der Waals surface area contributed by atoms with E-state index >= 15 is 0 Å². The zero-order valence-corrected chi connectivity index (χ0v) is 33.4. The summed E-state index contributed by atoms with van der Waals surface area (Å²) in [5.41, 5.74) is 2.28. The summed E-state index contributed by atoms with van der Waals surface area (Å²) in [6.07, 6.45) is 4.94. The van der Waals surface area contributed by atoms with Crippen molar-refractivity contribution in [3.05, 3.63) is 47.5 Å². The van der Waals surface area contributed by atoms with Crippen LogP contribution in [0, 0.1) is 11.8 Å². The Morgan fingerprint density at radius 3 is 2.26 bits per heavy atom. The molecule has 10 heteroatoms. The van der Waals surface area contributed by atoms with Crippen LogP contribution in [0.3, 0.4) is 0 Å². The fourth-order valence-electron chi connectivity index (χ4n) is 5.24. The summed E-state index contributed by atoms with van der Waals surface area (Å²) in [5.74, 6) is 0.126. The Bertz CT molecular complexity index is 1160. The first-order chi connectivity index (χ1) is 21.2. The summed E-state index contributed by atoms with van der Waals surface area (Å²) in [6, 6.07) is 8.43. The van der Waals surface area contributed by atoms with Gasteiger partial charge in [-0.15, -0.1) is 0 Å². The smallest absolute Gasteiger partial charge is 0.305 e. The van der Waals surface area contributed by atoms with E-state index in [0.29, 0.717) is 43.8 Å². The maximum absolute atomic E-state index is 13.6. The van der Waals surface area contributed by atoms with Gasteiger partial charge in [-0.25, -0.2) is 0 Å². The number of carbonyl (C=O) groups is 2. The third kappa shape index (κ3) is 12.0. The van der Waals surface area contributed by atoms with Gasteiger partial charge in [-0.1, -0.05) is 78.0 Å². The van der Waals surface area contributed by atoms with Crippen molar-refractivity contribution in [1.29, 1.82) is 0 Å². The number of aliphatic hydroxyl groups is 1. The van der Waals surface area contributed by atoms with Crippen LogP contribution in [-0.4, -0.2) is 77.5 Å². The lowest BCUT2D eigenvalue weighted by atomic mass is 9.89. The van der Waals surface area contributed by atoms with Crippen LogP contribution in [0.5, 0.6) is 0 Å². The summed E-state index contributed by atoms with van der Waals surface area (Å²) in [7, 11) is -1.26. The average molecular weight is 695 g/mol. The molecule has 1 saturated carbocycles. The summed E-state index contributed by atoms with van der Waals surface area (Å²) >= 11 is 1.57. The average Bonchev–Trinajstić information content (AvgIpc) is 3.23. The van der Waals surface area contributed by atoms with Crippen LogP contribution < -0.4 is 0 Å². The molecule has 0 aromatic heterocycles. The Labute approximate surface area is 285 Å². The molecule has 1 aromatic rings. The van der Waals surface area contributed by atoms with Crippen LogP contribution in [0.1, 0.15) is 71.9 Å². The van der Waals surface area contributed by atoms with Crippen LogP contribution >= 0.6 is 11.8 Å². The zero-order chi connectivity index (χ0) is 34.9. The SMILES string of the molecule is COCc1cccc(C[C@@H](/C=C/[C@@H]2C(C(O)CSCCCC(=O)OC)C(=O)C[C@H]2O[Si](C)(C)C(C)(C)C)O[Si](C)(C)C(C)(C)C)c1. The molecule has 1 N–H and O–H groups in total. The number of aliphatic hydroxyl groups excluding tert-OH is 1. The lowest BCUT2D eigenvalue weighted by molar-refractivity contribution is -0.140. The van der Waals surface area contributed by atoms with Gasteiger partial charge in [-0.05, 0) is 59.6 Å². The molecule has 1 fully saturated rings. The van der Waals surface area contributed by atoms with Gasteiger partial charge in [-0.3, -0.25) is 9.59 Å². The van der Waals surface area contributed by atoms with Crippen LogP contribution in [0.2, 0.25) is 36.3 Å². The lowest BCUT2D eigenvalue weighted by Crippen LogP contribution is -2.45. The van der Waals surface area contributed by atoms with Gasteiger partial charge in [0.1, 0.15) is 5.78 Å². The van der Waals surface area contributed by atoms with Crippen LogP contribution in [-0.2, 0) is 40.9 Å². The van der Waals surface area contributed by atoms with E-state index in [1.54, 1.807) is 18.9 Å². The molecule has 5 atom stereocenters. The third-order valence-electron chi connectivity index (χ3n) is 10.0. The quantitative estimate of drug-likeness (QED) is 0.0760. The first kappa shape index (κ1) is 40.9. The number of Topliss-reactive ketones (excluding diaryl/α,β-unsaturated/α-hetero) is 1. The lowest BCUT2D eigenvalue weighted by Gasteiger charge is -2.40. The molecule has 2 rings (SSSR count). The molecule has 1 aromatic carbocycles. The molecule has 0 amide bonds. The topological polar surface area (TPSA) is 91.3 Å². The fourth-order valence-corrected chi connectivity index (χ4v) is 8.82. The predicted molar refractivity (Wildman–Crippen MR) is 195 cm³/mol. The zero-order valence-electron chi connectivity index (χ0n) is 30.6. The second-order valence-corrected chi connectivity index (χ2v) is 26.4. The largest absolute Gasteiger partial charge is 0.469 e. The normalized spacial score (nSPS) is 21.2. The Balaban J connectivity index is 2.43. The van der Waals surface area contributed by atoms with Crippen molar-refractivity contribution in [2.45, 2.75) is 128 Å². The van der Waals surface area contributed by atoms with Crippen molar-refractivity contribution in [2.75, 3.05) is 25.7 Å². The molecule has 1 aliphatic rings. The van der Waals surface area contributed by atoms with Crippen molar-refractivity contribution in [1.82, 2.24) is 0 Å². The molecule has 0 saturated heterocycles. The molecule has 0 bridgehead atoms. The standard InChI is InChI=1S/C36H62O7SSi2/c1-35(2,3)45(9,10)42-28(22-26-15-13-16-27(21-26)24-40-7)18-19-29-32(43-46(11,12)36(4,5)6)23-30(37)34(29)31(38)25-44-20-14-17-33(39)41-8/h13,15-16,18-19,21,28-29,31-32,34,38H,14,17,20,22-25H2,1-12H3/b19-18+/t28-,29+,31?,32-,34?/m1/s1. The molecule has 0 radical (unpaired) electrons. The van der Waals surface area contributed by atoms with E-state index in [1.165, 1.54) is 12.7 Å². The van der Waals surface area contributed by atoms with Gasteiger partial charge in [-0.2, -0.15) is 11.8 Å². The van der Waals surface area contributed by atoms with Crippen molar-refractivity contribution in [2.24, 2.45) is 11.8 Å². The summed E-state index contributed by atoms with van der Waals surface area (Å²) < 4.78 is 24.0. The van der Waals surface area contributed by atoms with E-state index in [4.69, 9.17) is 18.3 Å². The highest BCUT2D eigenvalue weighted by Gasteiger charge is 2.49. The number of hydrogen-bond donors (Lipinski definition) is 1. The Hall–Kier alpha value is -1.28. The highest BCUT2D eigenvalue weighted by molar-refractivity contribution is 7.99. The fraction of sp³-hybridized carbons (Fsp3) is 0.722. The number of ketones is 1. The molecule has 0 aliphatic heterocycles. The van der Waals surface area contributed by atoms with Gasteiger partial charge < -0.3 is 23.4 Å². The number of rotatable bonds is 17. The number of benzene rings is 1. The summed E-state index contributed by atoms with van der Waals surface area (Å²) in [6.45, 7) is 22.9. The molecule has 0 heterocycles. The van der Waals surface area contributed by atoms with E-state index in [0.717, 1.165) is 5.56 Å². The van der Waals surface area contributed by atoms with Gasteiger partial charge >= 0.3 is 5.97 Å². The van der Waals surface area contributed by atoms with Gasteiger partial charge in [0.05, 0.1) is 37.9 Å². The number of carbonyl (C=O) groups excluding carboxylic acids is 2. The van der Waals surface area contributed by atoms with E-state index in [-0.39, 0.29) is 40.0 Å². The molecule has 46 heavy (non-hydrogen) atoms. The molecule has 2 unspecified atom stereocenters. The maximum Gasteiger partial charge on any atom is 0.305 e. The molecular weight excluding hydrogens is 633 g/mol. The highest BCUT2D eigenvalue weighted by Crippen LogP contribution is 2.43. The van der Waals surface area contributed by atoms with Crippen LogP contribution in [0.4, 0.5) is 0 Å². The van der Waals surface area contributed by atoms with E-state index in [2.05, 4.69) is 104 Å². The predicted octanol–water partition coefficient (Wildman–Crippen LogP) is 7.97. The molecule has 0 spiro atoms. The van der Waals surface area contributed by atoms with Crippen molar-refractivity contribution in [3.63, 3.8) is 0 Å². The number of hydrogen-bond acceptors (Lipinski definition) is 8. The summed E-state index contributed by atoms with van der Waals surface area (Å²) in [4.78, 5) is 25.1. The second kappa shape index (κ2) is 17.4. The maximum atomic E-state index is 13.6. The number of ether oxygens (including phenoxy) is 2. The Morgan fingerprint density at radius 1 is 1.04 bits per heavy atom. The van der Waals surface area contributed by atoms with E-state index in [1.807, 2.05) is 0 Å². The van der Waals surface area contributed by atoms with Crippen LogP contribution in [0.25, 0.3) is 0 Å². The second-order valence-electron chi connectivity index (χ2n) is 15.8. The monoisotopic (exact) mass is 694 g/mol. The molecule has 1 aliphatic carbocycles. The Kier molecular flexibility index (Phi) is 15.5. The first-order valence-corrected chi connectivity index (χ1v) is 23.7. The number of methoxy groups -OCH3 is 2. The van der Waals surface area contributed by atoms with Crippen molar-refractivity contribution in [3.8, 4) is 0 Å². The van der Waals surface area contributed by atoms with E-state index in [9.17, 15) is 14.7 Å². The molecular formula is C36H62O7SSi2. The van der Waals surface area contributed by atoms with E-state index < -0.39 is 28.7 Å². The minimum absolute atomic E-state index is 0.0162.